The maximum Gasteiger partial charge on any atom is 0.258 e. The maximum atomic E-state index is 13.2. The monoisotopic (exact) mass is 400 g/mol. The second-order valence-corrected chi connectivity index (χ2v) is 7.00. The topological polar surface area (TPSA) is 62.1 Å². The minimum atomic E-state index is -0.405. The number of nitrogens with zero attached hydrogens (tertiary/aromatic N) is 1. The molecule has 1 aromatic heterocycles. The summed E-state index contributed by atoms with van der Waals surface area (Å²) in [7, 11) is 0. The number of hydrogen-bond acceptors (Lipinski definition) is 4. The van der Waals surface area contributed by atoms with Crippen LogP contribution in [0.4, 0.5) is 4.39 Å². The Morgan fingerprint density at radius 1 is 1.26 bits per heavy atom. The Balaban J connectivity index is 1.70. The van der Waals surface area contributed by atoms with Crippen LogP contribution in [0.15, 0.2) is 60.0 Å². The van der Waals surface area contributed by atoms with Crippen molar-refractivity contribution in [3.05, 3.63) is 86.8 Å². The van der Waals surface area contributed by atoms with Gasteiger partial charge in [0.1, 0.15) is 11.6 Å². The zero-order valence-electron chi connectivity index (χ0n) is 14.0. The maximum absolute atomic E-state index is 13.2. The molecule has 7 heteroatoms. The summed E-state index contributed by atoms with van der Waals surface area (Å²) in [5, 5.41) is 13.9. The second-order valence-electron chi connectivity index (χ2n) is 5.61. The number of nitriles is 1. The molecule has 0 unspecified atom stereocenters. The van der Waals surface area contributed by atoms with Crippen molar-refractivity contribution < 1.29 is 13.9 Å². The summed E-state index contributed by atoms with van der Waals surface area (Å²) in [5.41, 5.74) is 1.18. The molecule has 2 aromatic carbocycles. The highest BCUT2D eigenvalue weighted by Gasteiger charge is 2.18. The molecule has 0 radical (unpaired) electrons. The van der Waals surface area contributed by atoms with Crippen LogP contribution in [0, 0.1) is 17.1 Å². The van der Waals surface area contributed by atoms with Crippen LogP contribution < -0.4 is 10.1 Å². The van der Waals surface area contributed by atoms with Gasteiger partial charge in [-0.1, -0.05) is 29.8 Å². The molecule has 136 valence electrons. The minimum absolute atomic E-state index is 0.241. The quantitative estimate of drug-likeness (QED) is 0.652. The third kappa shape index (κ3) is 4.85. The van der Waals surface area contributed by atoms with E-state index in [9.17, 15) is 9.18 Å². The van der Waals surface area contributed by atoms with E-state index >= 15 is 0 Å². The summed E-state index contributed by atoms with van der Waals surface area (Å²) in [5.74, 6) is -0.368. The zero-order chi connectivity index (χ0) is 19.2. The van der Waals surface area contributed by atoms with Crippen molar-refractivity contribution in [2.45, 2.75) is 6.04 Å². The highest BCUT2D eigenvalue weighted by Crippen LogP contribution is 2.27. The average Bonchev–Trinajstić information content (AvgIpc) is 3.20. The molecule has 4 nitrogen and oxygen atoms in total. The van der Waals surface area contributed by atoms with E-state index in [0.29, 0.717) is 11.3 Å². The lowest BCUT2D eigenvalue weighted by atomic mass is 10.1. The number of nitrogens with one attached hydrogen (secondary N) is 1. The lowest BCUT2D eigenvalue weighted by Crippen LogP contribution is -2.33. The fraction of sp³-hybridized carbons (Fsp3) is 0.100. The summed E-state index contributed by atoms with van der Waals surface area (Å²) in [6.45, 7) is -0.241. The van der Waals surface area contributed by atoms with Crippen LogP contribution in [-0.4, -0.2) is 12.5 Å². The van der Waals surface area contributed by atoms with Crippen LogP contribution in [0.25, 0.3) is 0 Å². The number of amides is 1. The van der Waals surface area contributed by atoms with Gasteiger partial charge in [-0.15, -0.1) is 11.3 Å². The normalized spacial score (nSPS) is 11.4. The molecule has 0 aliphatic rings. The van der Waals surface area contributed by atoms with Crippen LogP contribution in [-0.2, 0) is 4.79 Å². The van der Waals surface area contributed by atoms with Crippen LogP contribution in [0.3, 0.4) is 0 Å². The molecule has 0 bridgehead atoms. The summed E-state index contributed by atoms with van der Waals surface area (Å²) >= 11 is 7.54. The molecule has 1 N–H and O–H groups in total. The Hall–Kier alpha value is -2.88. The first-order chi connectivity index (χ1) is 13.1. The first-order valence-corrected chi connectivity index (χ1v) is 9.23. The Labute approximate surface area is 164 Å². The van der Waals surface area contributed by atoms with E-state index in [1.807, 2.05) is 23.6 Å². The number of carbonyl (C=O) groups excluding carboxylic acids is 1. The van der Waals surface area contributed by atoms with E-state index in [2.05, 4.69) is 5.32 Å². The predicted octanol–water partition coefficient (Wildman–Crippen LogP) is 4.70. The van der Waals surface area contributed by atoms with Gasteiger partial charge in [0, 0.05) is 4.88 Å². The van der Waals surface area contributed by atoms with Crippen LogP contribution in [0.5, 0.6) is 5.75 Å². The third-order valence-corrected chi connectivity index (χ3v) is 4.99. The van der Waals surface area contributed by atoms with Crippen molar-refractivity contribution in [2.24, 2.45) is 0 Å². The lowest BCUT2D eigenvalue weighted by molar-refractivity contribution is -0.123. The second kappa shape index (κ2) is 8.67. The summed E-state index contributed by atoms with van der Waals surface area (Å²) in [4.78, 5) is 13.3. The van der Waals surface area contributed by atoms with Gasteiger partial charge in [0.15, 0.2) is 6.61 Å². The molecule has 0 aliphatic carbocycles. The Kier molecular flexibility index (Phi) is 6.07. The van der Waals surface area contributed by atoms with Crippen LogP contribution in [0.2, 0.25) is 5.02 Å². The summed E-state index contributed by atoms with van der Waals surface area (Å²) in [6, 6.07) is 15.9. The Morgan fingerprint density at radius 2 is 2.04 bits per heavy atom. The van der Waals surface area contributed by atoms with Gasteiger partial charge in [-0.05, 0) is 47.3 Å². The molecule has 1 amide bonds. The smallest absolute Gasteiger partial charge is 0.258 e. The molecule has 0 aliphatic heterocycles. The number of thiophene rings is 1. The van der Waals surface area contributed by atoms with Gasteiger partial charge in [0.25, 0.3) is 5.91 Å². The van der Waals surface area contributed by atoms with Crippen molar-refractivity contribution in [1.82, 2.24) is 5.32 Å². The first-order valence-electron chi connectivity index (χ1n) is 7.97. The van der Waals surface area contributed by atoms with E-state index < -0.39 is 6.04 Å². The standard InChI is InChI=1S/C20H14ClFN2O2S/c21-16-10-13(11-23)3-8-17(16)26-12-19(25)24-20(18-2-1-9-27-18)14-4-6-15(22)7-5-14/h1-10,20H,12H2,(H,24,25)/t20-/m0/s1. The van der Waals surface area contributed by atoms with Gasteiger partial charge in [-0.2, -0.15) is 5.26 Å². The first kappa shape index (κ1) is 18.9. The van der Waals surface area contributed by atoms with Crippen molar-refractivity contribution in [2.75, 3.05) is 6.61 Å². The minimum Gasteiger partial charge on any atom is -0.482 e. The number of carbonyl (C=O) groups is 1. The predicted molar refractivity (Wildman–Crippen MR) is 102 cm³/mol. The molecule has 0 saturated carbocycles. The molecule has 27 heavy (non-hydrogen) atoms. The van der Waals surface area contributed by atoms with Crippen molar-refractivity contribution in [3.63, 3.8) is 0 Å². The van der Waals surface area contributed by atoms with Crippen molar-refractivity contribution in [3.8, 4) is 11.8 Å². The van der Waals surface area contributed by atoms with E-state index in [-0.39, 0.29) is 23.4 Å². The molecule has 0 fully saturated rings. The lowest BCUT2D eigenvalue weighted by Gasteiger charge is -2.18. The average molecular weight is 401 g/mol. The van der Waals surface area contributed by atoms with Gasteiger partial charge >= 0.3 is 0 Å². The van der Waals surface area contributed by atoms with Crippen LogP contribution >= 0.6 is 22.9 Å². The molecular formula is C20H14ClFN2O2S. The molecule has 0 spiro atoms. The molecule has 3 aromatic rings. The Bertz CT molecular complexity index is 969. The fourth-order valence-corrected chi connectivity index (χ4v) is 3.50. The van der Waals surface area contributed by atoms with Gasteiger partial charge in [-0.3, -0.25) is 4.79 Å². The number of hydrogen-bond donors (Lipinski definition) is 1. The van der Waals surface area contributed by atoms with Gasteiger partial charge in [0.05, 0.1) is 22.7 Å². The number of halogens is 2. The largest absolute Gasteiger partial charge is 0.482 e. The highest BCUT2D eigenvalue weighted by molar-refractivity contribution is 7.10. The van der Waals surface area contributed by atoms with Gasteiger partial charge in [0.2, 0.25) is 0 Å². The number of ether oxygens (including phenoxy) is 1. The third-order valence-electron chi connectivity index (χ3n) is 3.76. The Morgan fingerprint density at radius 3 is 2.67 bits per heavy atom. The van der Waals surface area contributed by atoms with E-state index in [1.165, 1.54) is 29.5 Å². The van der Waals surface area contributed by atoms with Crippen LogP contribution in [0.1, 0.15) is 22.0 Å². The SMILES string of the molecule is N#Cc1ccc(OCC(=O)N[C@@H](c2ccc(F)cc2)c2cccs2)c(Cl)c1. The molecule has 1 heterocycles. The van der Waals surface area contributed by atoms with Gasteiger partial charge < -0.3 is 10.1 Å². The zero-order valence-corrected chi connectivity index (χ0v) is 15.6. The van der Waals surface area contributed by atoms with E-state index in [1.54, 1.807) is 24.3 Å². The fourth-order valence-electron chi connectivity index (χ4n) is 2.46. The number of rotatable bonds is 6. The summed E-state index contributed by atoms with van der Waals surface area (Å²) < 4.78 is 18.7. The van der Waals surface area contributed by atoms with E-state index in [4.69, 9.17) is 21.6 Å². The number of benzene rings is 2. The molecule has 0 saturated heterocycles. The van der Waals surface area contributed by atoms with Gasteiger partial charge in [-0.25, -0.2) is 4.39 Å². The highest BCUT2D eigenvalue weighted by atomic mass is 35.5. The molecular weight excluding hydrogens is 387 g/mol. The van der Waals surface area contributed by atoms with Crippen molar-refractivity contribution >= 4 is 28.8 Å². The summed E-state index contributed by atoms with van der Waals surface area (Å²) in [6.07, 6.45) is 0. The molecule has 1 atom stereocenters. The molecule has 3 rings (SSSR count). The van der Waals surface area contributed by atoms with E-state index in [0.717, 1.165) is 10.4 Å². The van der Waals surface area contributed by atoms with Crippen molar-refractivity contribution in [1.29, 1.82) is 5.26 Å².